The van der Waals surface area contributed by atoms with Crippen molar-refractivity contribution in [1.82, 2.24) is 20.0 Å². The second-order valence-corrected chi connectivity index (χ2v) is 8.09. The summed E-state index contributed by atoms with van der Waals surface area (Å²) in [6, 6.07) is 9.99. The highest BCUT2D eigenvalue weighted by Crippen LogP contribution is 2.25. The molecule has 0 aliphatic heterocycles. The molecule has 6 heteroatoms. The number of hydrogen-bond donors (Lipinski definition) is 2. The lowest BCUT2D eigenvalue weighted by Gasteiger charge is -2.21. The molecule has 0 saturated heterocycles. The number of pyridine rings is 1. The van der Waals surface area contributed by atoms with Gasteiger partial charge >= 0.3 is 0 Å². The molecule has 0 aliphatic rings. The maximum absolute atomic E-state index is 11.2. The van der Waals surface area contributed by atoms with Crippen molar-refractivity contribution in [2.75, 3.05) is 0 Å². The van der Waals surface area contributed by atoms with E-state index in [0.29, 0.717) is 0 Å². The molecule has 1 amide bonds. The van der Waals surface area contributed by atoms with E-state index in [1.807, 2.05) is 30.5 Å². The van der Waals surface area contributed by atoms with Gasteiger partial charge in [-0.2, -0.15) is 0 Å². The number of amides is 1. The van der Waals surface area contributed by atoms with Gasteiger partial charge < -0.3 is 4.57 Å². The number of benzene rings is 1. The van der Waals surface area contributed by atoms with Gasteiger partial charge in [0.1, 0.15) is 5.82 Å². The van der Waals surface area contributed by atoms with Crippen LogP contribution in [0.1, 0.15) is 37.7 Å². The van der Waals surface area contributed by atoms with E-state index >= 15 is 0 Å². The van der Waals surface area contributed by atoms with Gasteiger partial charge in [-0.3, -0.25) is 15.0 Å². The molecule has 0 spiro atoms. The van der Waals surface area contributed by atoms with Crippen LogP contribution in [0.25, 0.3) is 17.1 Å². The lowest BCUT2D eigenvalue weighted by atomic mass is 9.96. The summed E-state index contributed by atoms with van der Waals surface area (Å²) >= 11 is 0. The molecule has 0 atom stereocenters. The number of nitrogens with zero attached hydrogens (tertiary/aromatic N) is 3. The second-order valence-electron chi connectivity index (χ2n) is 8.09. The number of carbonyl (C=O) groups is 1. The zero-order valence-corrected chi connectivity index (χ0v) is 16.5. The standard InChI is InChI=1S/C22H26N4O2/c1-22(2,3)15-26-19-9-6-16(8-11-21(27)25-28)13-18(19)24-20(26)10-7-17-5-4-12-23-14-17/h4-6,8-9,11-14,28H,7,10,15H2,1-3H3,(H,25,27)/b11-8+. The maximum atomic E-state index is 11.2. The molecule has 3 rings (SSSR count). The Morgan fingerprint density at radius 3 is 2.75 bits per heavy atom. The normalized spacial score (nSPS) is 12.0. The third kappa shape index (κ3) is 5.04. The van der Waals surface area contributed by atoms with Crippen molar-refractivity contribution >= 4 is 23.0 Å². The average Bonchev–Trinajstić information content (AvgIpc) is 3.00. The summed E-state index contributed by atoms with van der Waals surface area (Å²) in [7, 11) is 0. The number of carbonyl (C=O) groups excluding carboxylic acids is 1. The number of fused-ring (bicyclic) bond motifs is 1. The molecular formula is C22H26N4O2. The zero-order chi connectivity index (χ0) is 20.1. The SMILES string of the molecule is CC(C)(C)Cn1c(CCc2cccnc2)nc2cc(/C=C/C(=O)NO)ccc21. The van der Waals surface area contributed by atoms with E-state index in [2.05, 4.69) is 36.4 Å². The van der Waals surface area contributed by atoms with E-state index in [0.717, 1.165) is 41.8 Å². The first kappa shape index (κ1) is 19.8. The fourth-order valence-corrected chi connectivity index (χ4v) is 3.15. The molecule has 2 N–H and O–H groups in total. The molecule has 2 heterocycles. The van der Waals surface area contributed by atoms with Crippen LogP contribution in [0.5, 0.6) is 0 Å². The summed E-state index contributed by atoms with van der Waals surface area (Å²) in [4.78, 5) is 20.3. The molecule has 0 radical (unpaired) electrons. The number of nitrogens with one attached hydrogen (secondary N) is 1. The molecule has 0 aliphatic carbocycles. The molecule has 0 bridgehead atoms. The topological polar surface area (TPSA) is 80.0 Å². The van der Waals surface area contributed by atoms with Crippen molar-refractivity contribution in [3.63, 3.8) is 0 Å². The number of aryl methyl sites for hydroxylation is 2. The van der Waals surface area contributed by atoms with Gasteiger partial charge in [-0.05, 0) is 47.2 Å². The Hall–Kier alpha value is -2.99. The van der Waals surface area contributed by atoms with Gasteiger partial charge in [-0.25, -0.2) is 10.5 Å². The minimum atomic E-state index is -0.560. The predicted molar refractivity (Wildman–Crippen MR) is 110 cm³/mol. The van der Waals surface area contributed by atoms with Crippen LogP contribution in [0.4, 0.5) is 0 Å². The van der Waals surface area contributed by atoms with Crippen molar-refractivity contribution in [3.8, 4) is 0 Å². The molecule has 3 aromatic rings. The van der Waals surface area contributed by atoms with Gasteiger partial charge in [0.15, 0.2) is 0 Å². The summed E-state index contributed by atoms with van der Waals surface area (Å²) in [5.41, 5.74) is 5.74. The summed E-state index contributed by atoms with van der Waals surface area (Å²) in [5, 5.41) is 8.61. The minimum Gasteiger partial charge on any atom is -0.327 e. The van der Waals surface area contributed by atoms with Crippen LogP contribution >= 0.6 is 0 Å². The summed E-state index contributed by atoms with van der Waals surface area (Å²) in [6.07, 6.45) is 8.33. The monoisotopic (exact) mass is 378 g/mol. The summed E-state index contributed by atoms with van der Waals surface area (Å²) in [6.45, 7) is 7.52. The molecule has 28 heavy (non-hydrogen) atoms. The predicted octanol–water partition coefficient (Wildman–Crippen LogP) is 3.78. The second kappa shape index (κ2) is 8.35. The van der Waals surface area contributed by atoms with Crippen molar-refractivity contribution < 1.29 is 10.0 Å². The van der Waals surface area contributed by atoms with E-state index in [4.69, 9.17) is 10.2 Å². The zero-order valence-electron chi connectivity index (χ0n) is 16.5. The molecule has 0 unspecified atom stereocenters. The van der Waals surface area contributed by atoms with E-state index in [1.54, 1.807) is 17.8 Å². The van der Waals surface area contributed by atoms with E-state index in [-0.39, 0.29) is 5.41 Å². The van der Waals surface area contributed by atoms with E-state index in [9.17, 15) is 4.79 Å². The Balaban J connectivity index is 1.94. The lowest BCUT2D eigenvalue weighted by Crippen LogP contribution is -2.17. The highest BCUT2D eigenvalue weighted by atomic mass is 16.5. The highest BCUT2D eigenvalue weighted by molar-refractivity contribution is 5.91. The Labute approximate surface area is 164 Å². The van der Waals surface area contributed by atoms with Crippen LogP contribution in [0.2, 0.25) is 0 Å². The molecular weight excluding hydrogens is 352 g/mol. The first-order valence-electron chi connectivity index (χ1n) is 9.36. The van der Waals surface area contributed by atoms with Gasteiger partial charge in [-0.15, -0.1) is 0 Å². The highest BCUT2D eigenvalue weighted by Gasteiger charge is 2.17. The number of aromatic nitrogens is 3. The van der Waals surface area contributed by atoms with Crippen molar-refractivity contribution in [3.05, 3.63) is 65.8 Å². The Morgan fingerprint density at radius 1 is 1.25 bits per heavy atom. The Bertz CT molecular complexity index is 985. The van der Waals surface area contributed by atoms with Gasteiger partial charge in [0, 0.05) is 31.4 Å². The quantitative estimate of drug-likeness (QED) is 0.389. The van der Waals surface area contributed by atoms with Crippen LogP contribution in [0.15, 0.2) is 48.8 Å². The van der Waals surface area contributed by atoms with Crippen LogP contribution in [0, 0.1) is 5.41 Å². The van der Waals surface area contributed by atoms with Crippen molar-refractivity contribution in [1.29, 1.82) is 0 Å². The van der Waals surface area contributed by atoms with Crippen LogP contribution < -0.4 is 5.48 Å². The maximum Gasteiger partial charge on any atom is 0.267 e. The van der Waals surface area contributed by atoms with Gasteiger partial charge in [-0.1, -0.05) is 32.9 Å². The van der Waals surface area contributed by atoms with Gasteiger partial charge in [0.25, 0.3) is 5.91 Å². The fourth-order valence-electron chi connectivity index (χ4n) is 3.15. The largest absolute Gasteiger partial charge is 0.327 e. The van der Waals surface area contributed by atoms with Gasteiger partial charge in [0.05, 0.1) is 11.0 Å². The van der Waals surface area contributed by atoms with Crippen molar-refractivity contribution in [2.45, 2.75) is 40.2 Å². The molecule has 0 saturated carbocycles. The van der Waals surface area contributed by atoms with E-state index in [1.165, 1.54) is 11.6 Å². The first-order chi connectivity index (χ1) is 13.4. The summed E-state index contributed by atoms with van der Waals surface area (Å²) < 4.78 is 2.29. The summed E-state index contributed by atoms with van der Waals surface area (Å²) in [5.74, 6) is 0.485. The average molecular weight is 378 g/mol. The molecule has 146 valence electrons. The Morgan fingerprint density at radius 2 is 2.07 bits per heavy atom. The van der Waals surface area contributed by atoms with Crippen LogP contribution in [-0.4, -0.2) is 25.6 Å². The van der Waals surface area contributed by atoms with E-state index < -0.39 is 5.91 Å². The number of hydrogen-bond acceptors (Lipinski definition) is 4. The third-order valence-electron chi connectivity index (χ3n) is 4.38. The minimum absolute atomic E-state index is 0.120. The van der Waals surface area contributed by atoms with Gasteiger partial charge in [0.2, 0.25) is 0 Å². The first-order valence-corrected chi connectivity index (χ1v) is 9.36. The molecule has 6 nitrogen and oxygen atoms in total. The molecule has 2 aromatic heterocycles. The number of rotatable bonds is 6. The van der Waals surface area contributed by atoms with Crippen LogP contribution in [-0.2, 0) is 24.2 Å². The fraction of sp³-hybridized carbons (Fsp3) is 0.318. The Kier molecular flexibility index (Phi) is 5.90. The molecule has 0 fully saturated rings. The third-order valence-corrected chi connectivity index (χ3v) is 4.38. The van der Waals surface area contributed by atoms with Crippen LogP contribution in [0.3, 0.4) is 0 Å². The van der Waals surface area contributed by atoms with Crippen molar-refractivity contribution in [2.24, 2.45) is 5.41 Å². The number of hydroxylamine groups is 1. The lowest BCUT2D eigenvalue weighted by molar-refractivity contribution is -0.124. The molecule has 1 aromatic carbocycles. The smallest absolute Gasteiger partial charge is 0.267 e. The number of imidazole rings is 1.